The molecule has 1 aromatic heterocycles. The zero-order chi connectivity index (χ0) is 13.0. The zero-order valence-electron chi connectivity index (χ0n) is 10.6. The van der Waals surface area contributed by atoms with E-state index in [2.05, 4.69) is 10.3 Å². The molecule has 0 saturated carbocycles. The van der Waals surface area contributed by atoms with Gasteiger partial charge in [0.05, 0.1) is 7.11 Å². The van der Waals surface area contributed by atoms with E-state index in [4.69, 9.17) is 10.5 Å². The number of nitrogens with one attached hydrogen (secondary N) is 1. The van der Waals surface area contributed by atoms with Crippen LogP contribution in [-0.2, 0) is 6.54 Å². The molecule has 4 heteroatoms. The lowest BCUT2D eigenvalue weighted by Crippen LogP contribution is -2.04. The van der Waals surface area contributed by atoms with Gasteiger partial charge in [0.25, 0.3) is 0 Å². The Balaban J connectivity index is 2.12. The second kappa shape index (κ2) is 5.40. The van der Waals surface area contributed by atoms with E-state index in [0.29, 0.717) is 6.54 Å². The number of aromatic nitrogens is 1. The van der Waals surface area contributed by atoms with E-state index in [1.165, 1.54) is 5.56 Å². The minimum atomic E-state index is 0.630. The Hall–Kier alpha value is -2.23. The van der Waals surface area contributed by atoms with Crippen molar-refractivity contribution in [3.8, 4) is 5.75 Å². The van der Waals surface area contributed by atoms with Crippen LogP contribution in [0.5, 0.6) is 5.75 Å². The second-order valence-corrected chi connectivity index (χ2v) is 4.14. The van der Waals surface area contributed by atoms with Crippen molar-refractivity contribution in [3.05, 3.63) is 47.7 Å². The number of hydrogen-bond acceptors (Lipinski definition) is 4. The fraction of sp³-hybridized carbons (Fsp3) is 0.214. The molecule has 2 rings (SSSR count). The number of aryl methyl sites for hydroxylation is 1. The van der Waals surface area contributed by atoms with Gasteiger partial charge in [-0.1, -0.05) is 0 Å². The van der Waals surface area contributed by atoms with Crippen LogP contribution in [0.4, 0.5) is 11.5 Å². The van der Waals surface area contributed by atoms with Crippen molar-refractivity contribution in [1.82, 2.24) is 4.98 Å². The molecule has 0 unspecified atom stereocenters. The van der Waals surface area contributed by atoms with E-state index in [0.717, 1.165) is 22.8 Å². The standard InChI is InChI=1S/C14H17N3O/c1-10-5-6-16-14(7-10)17-9-11-8-12(15)3-4-13(11)18-2/h3-8H,9,15H2,1-2H3,(H,16,17). The molecule has 0 aliphatic rings. The van der Waals surface area contributed by atoms with Crippen LogP contribution in [0.15, 0.2) is 36.5 Å². The molecule has 18 heavy (non-hydrogen) atoms. The molecule has 2 aromatic rings. The molecule has 0 atom stereocenters. The number of benzene rings is 1. The number of nitrogens with zero attached hydrogens (tertiary/aromatic N) is 1. The van der Waals surface area contributed by atoms with Crippen LogP contribution in [0.25, 0.3) is 0 Å². The number of pyridine rings is 1. The second-order valence-electron chi connectivity index (χ2n) is 4.14. The smallest absolute Gasteiger partial charge is 0.126 e. The summed E-state index contributed by atoms with van der Waals surface area (Å²) < 4.78 is 5.30. The number of anilines is 2. The van der Waals surface area contributed by atoms with Gasteiger partial charge in [-0.3, -0.25) is 0 Å². The van der Waals surface area contributed by atoms with Crippen LogP contribution < -0.4 is 15.8 Å². The van der Waals surface area contributed by atoms with Crippen molar-refractivity contribution in [3.63, 3.8) is 0 Å². The maximum Gasteiger partial charge on any atom is 0.126 e. The van der Waals surface area contributed by atoms with Crippen LogP contribution in [0.3, 0.4) is 0 Å². The first-order valence-electron chi connectivity index (χ1n) is 5.78. The van der Waals surface area contributed by atoms with E-state index in [1.807, 2.05) is 37.3 Å². The molecule has 0 fully saturated rings. The lowest BCUT2D eigenvalue weighted by atomic mass is 10.1. The van der Waals surface area contributed by atoms with Gasteiger partial charge in [0.2, 0.25) is 0 Å². The predicted octanol–water partition coefficient (Wildman–Crippen LogP) is 2.59. The normalized spacial score (nSPS) is 10.1. The molecular formula is C14H17N3O. The van der Waals surface area contributed by atoms with Crippen molar-refractivity contribution >= 4 is 11.5 Å². The summed E-state index contributed by atoms with van der Waals surface area (Å²) in [6.45, 7) is 2.67. The molecule has 0 aliphatic heterocycles. The summed E-state index contributed by atoms with van der Waals surface area (Å²) in [4.78, 5) is 4.25. The first-order chi connectivity index (χ1) is 8.69. The van der Waals surface area contributed by atoms with Crippen molar-refractivity contribution in [1.29, 1.82) is 0 Å². The number of hydrogen-bond donors (Lipinski definition) is 2. The van der Waals surface area contributed by atoms with Crippen molar-refractivity contribution in [2.45, 2.75) is 13.5 Å². The molecule has 1 aromatic carbocycles. The largest absolute Gasteiger partial charge is 0.496 e. The SMILES string of the molecule is COc1ccc(N)cc1CNc1cc(C)ccn1. The fourth-order valence-corrected chi connectivity index (χ4v) is 1.76. The number of nitrogens with two attached hydrogens (primary N) is 1. The maximum absolute atomic E-state index is 5.78. The van der Waals surface area contributed by atoms with E-state index in [1.54, 1.807) is 13.3 Å². The summed E-state index contributed by atoms with van der Waals surface area (Å²) in [5, 5.41) is 3.26. The predicted molar refractivity (Wildman–Crippen MR) is 73.7 cm³/mol. The van der Waals surface area contributed by atoms with Gasteiger partial charge in [0.15, 0.2) is 0 Å². The number of methoxy groups -OCH3 is 1. The van der Waals surface area contributed by atoms with Gasteiger partial charge in [-0.2, -0.15) is 0 Å². The summed E-state index contributed by atoms with van der Waals surface area (Å²) in [6.07, 6.45) is 1.79. The Kier molecular flexibility index (Phi) is 3.67. The molecule has 0 saturated heterocycles. The minimum absolute atomic E-state index is 0.630. The van der Waals surface area contributed by atoms with Crippen LogP contribution in [0.1, 0.15) is 11.1 Å². The molecule has 0 radical (unpaired) electrons. The van der Waals surface area contributed by atoms with Crippen LogP contribution in [-0.4, -0.2) is 12.1 Å². The first kappa shape index (κ1) is 12.2. The maximum atomic E-state index is 5.78. The molecule has 0 bridgehead atoms. The molecule has 94 valence electrons. The Morgan fingerprint density at radius 1 is 1.28 bits per heavy atom. The number of rotatable bonds is 4. The first-order valence-corrected chi connectivity index (χ1v) is 5.78. The van der Waals surface area contributed by atoms with Crippen molar-refractivity contribution < 1.29 is 4.74 Å². The third-order valence-electron chi connectivity index (χ3n) is 2.68. The van der Waals surface area contributed by atoms with Gasteiger partial charge in [-0.05, 0) is 42.8 Å². The number of nitrogen functional groups attached to an aromatic ring is 1. The van der Waals surface area contributed by atoms with Gasteiger partial charge in [0, 0.05) is 24.0 Å². The molecular weight excluding hydrogens is 226 g/mol. The van der Waals surface area contributed by atoms with E-state index in [-0.39, 0.29) is 0 Å². The molecule has 0 aliphatic carbocycles. The molecule has 1 heterocycles. The molecule has 3 N–H and O–H groups in total. The Morgan fingerprint density at radius 3 is 2.83 bits per heavy atom. The molecule has 0 amide bonds. The third kappa shape index (κ3) is 2.91. The van der Waals surface area contributed by atoms with Crippen LogP contribution in [0.2, 0.25) is 0 Å². The van der Waals surface area contributed by atoms with Crippen LogP contribution in [0, 0.1) is 6.92 Å². The van der Waals surface area contributed by atoms with Gasteiger partial charge in [-0.25, -0.2) is 4.98 Å². The molecule has 4 nitrogen and oxygen atoms in total. The lowest BCUT2D eigenvalue weighted by Gasteiger charge is -2.11. The van der Waals surface area contributed by atoms with Gasteiger partial charge >= 0.3 is 0 Å². The van der Waals surface area contributed by atoms with Crippen molar-refractivity contribution in [2.75, 3.05) is 18.2 Å². The van der Waals surface area contributed by atoms with Crippen LogP contribution >= 0.6 is 0 Å². The highest BCUT2D eigenvalue weighted by atomic mass is 16.5. The third-order valence-corrected chi connectivity index (χ3v) is 2.68. The average molecular weight is 243 g/mol. The van der Waals surface area contributed by atoms with Gasteiger partial charge in [0.1, 0.15) is 11.6 Å². The Morgan fingerprint density at radius 2 is 2.11 bits per heavy atom. The van der Waals surface area contributed by atoms with Crippen molar-refractivity contribution in [2.24, 2.45) is 0 Å². The minimum Gasteiger partial charge on any atom is -0.496 e. The van der Waals surface area contributed by atoms with E-state index in [9.17, 15) is 0 Å². The quantitative estimate of drug-likeness (QED) is 0.810. The molecule has 0 spiro atoms. The van der Waals surface area contributed by atoms with E-state index >= 15 is 0 Å². The summed E-state index contributed by atoms with van der Waals surface area (Å²) in [5.41, 5.74) is 8.69. The Bertz CT molecular complexity index is 540. The highest BCUT2D eigenvalue weighted by molar-refractivity contribution is 5.49. The highest BCUT2D eigenvalue weighted by Gasteiger charge is 2.03. The summed E-state index contributed by atoms with van der Waals surface area (Å²) >= 11 is 0. The zero-order valence-corrected chi connectivity index (χ0v) is 10.6. The highest BCUT2D eigenvalue weighted by Crippen LogP contribution is 2.22. The number of ether oxygens (including phenoxy) is 1. The van der Waals surface area contributed by atoms with Gasteiger partial charge < -0.3 is 15.8 Å². The Labute approximate surface area is 107 Å². The average Bonchev–Trinajstić information content (AvgIpc) is 2.37. The fourth-order valence-electron chi connectivity index (χ4n) is 1.76. The lowest BCUT2D eigenvalue weighted by molar-refractivity contribution is 0.410. The summed E-state index contributed by atoms with van der Waals surface area (Å²) in [6, 6.07) is 9.57. The summed E-state index contributed by atoms with van der Waals surface area (Å²) in [7, 11) is 1.65. The van der Waals surface area contributed by atoms with E-state index < -0.39 is 0 Å². The monoisotopic (exact) mass is 243 g/mol. The topological polar surface area (TPSA) is 60.2 Å². The van der Waals surface area contributed by atoms with Gasteiger partial charge in [-0.15, -0.1) is 0 Å². The summed E-state index contributed by atoms with van der Waals surface area (Å²) in [5.74, 6) is 1.67.